The van der Waals surface area contributed by atoms with E-state index in [2.05, 4.69) is 5.32 Å². The van der Waals surface area contributed by atoms with Gasteiger partial charge in [0.15, 0.2) is 6.10 Å². The summed E-state index contributed by atoms with van der Waals surface area (Å²) in [5, 5.41) is 2.76. The molecule has 1 atom stereocenters. The zero-order chi connectivity index (χ0) is 21.3. The Kier molecular flexibility index (Phi) is 7.05. The third-order valence-electron chi connectivity index (χ3n) is 4.33. The number of esters is 1. The molecule has 0 bridgehead atoms. The van der Waals surface area contributed by atoms with E-state index in [1.54, 1.807) is 31.4 Å². The number of para-hydroxylation sites is 1. The van der Waals surface area contributed by atoms with E-state index >= 15 is 0 Å². The second-order valence-electron chi connectivity index (χ2n) is 6.56. The lowest BCUT2D eigenvalue weighted by Gasteiger charge is -2.14. The van der Waals surface area contributed by atoms with Crippen molar-refractivity contribution in [2.24, 2.45) is 0 Å². The Morgan fingerprint density at radius 3 is 2.27 bits per heavy atom. The molecule has 0 aromatic heterocycles. The second kappa shape index (κ2) is 10.1. The quantitative estimate of drug-likeness (QED) is 0.564. The number of benzene rings is 3. The van der Waals surface area contributed by atoms with E-state index in [9.17, 15) is 9.59 Å². The van der Waals surface area contributed by atoms with Crippen molar-refractivity contribution in [3.63, 3.8) is 0 Å². The molecule has 30 heavy (non-hydrogen) atoms. The van der Waals surface area contributed by atoms with E-state index in [1.807, 2.05) is 54.6 Å². The van der Waals surface area contributed by atoms with Gasteiger partial charge in [0.2, 0.25) is 0 Å². The lowest BCUT2D eigenvalue weighted by Crippen LogP contribution is -2.35. The lowest BCUT2D eigenvalue weighted by atomic mass is 10.2. The number of methoxy groups -OCH3 is 1. The smallest absolute Gasteiger partial charge is 0.339 e. The molecule has 1 amide bonds. The Morgan fingerprint density at radius 1 is 0.867 bits per heavy atom. The van der Waals surface area contributed by atoms with Crippen LogP contribution in [0.3, 0.4) is 0 Å². The van der Waals surface area contributed by atoms with Crippen molar-refractivity contribution in [3.05, 3.63) is 90.0 Å². The highest BCUT2D eigenvalue weighted by Crippen LogP contribution is 2.22. The van der Waals surface area contributed by atoms with E-state index in [4.69, 9.17) is 14.2 Å². The predicted molar refractivity (Wildman–Crippen MR) is 113 cm³/mol. The number of carbonyl (C=O) groups is 2. The summed E-state index contributed by atoms with van der Waals surface area (Å²) in [6.07, 6.45) is -0.936. The number of rotatable bonds is 8. The first kappa shape index (κ1) is 20.9. The number of ether oxygens (including phenoxy) is 3. The molecule has 0 aliphatic rings. The van der Waals surface area contributed by atoms with E-state index < -0.39 is 12.1 Å². The Hall–Kier alpha value is -3.80. The lowest BCUT2D eigenvalue weighted by molar-refractivity contribution is -0.129. The highest BCUT2D eigenvalue weighted by Gasteiger charge is 2.19. The highest BCUT2D eigenvalue weighted by atomic mass is 16.5. The molecule has 0 saturated heterocycles. The Morgan fingerprint density at radius 2 is 1.57 bits per heavy atom. The van der Waals surface area contributed by atoms with Crippen LogP contribution in [0.5, 0.6) is 17.2 Å². The van der Waals surface area contributed by atoms with Gasteiger partial charge in [0.25, 0.3) is 5.91 Å². The van der Waals surface area contributed by atoms with Crippen LogP contribution >= 0.6 is 0 Å². The Labute approximate surface area is 175 Å². The molecule has 0 radical (unpaired) electrons. The van der Waals surface area contributed by atoms with Gasteiger partial charge in [-0.3, -0.25) is 4.79 Å². The van der Waals surface area contributed by atoms with Crippen molar-refractivity contribution in [2.75, 3.05) is 7.11 Å². The van der Waals surface area contributed by atoms with Crippen LogP contribution in [-0.2, 0) is 16.1 Å². The van der Waals surface area contributed by atoms with Crippen LogP contribution in [0, 0.1) is 0 Å². The first-order valence-electron chi connectivity index (χ1n) is 9.50. The Balaban J connectivity index is 1.54. The molecule has 0 aliphatic heterocycles. The van der Waals surface area contributed by atoms with Gasteiger partial charge < -0.3 is 19.5 Å². The minimum Gasteiger partial charge on any atom is -0.497 e. The molecule has 6 heteroatoms. The van der Waals surface area contributed by atoms with Crippen LogP contribution in [0.25, 0.3) is 0 Å². The van der Waals surface area contributed by atoms with Gasteiger partial charge in [-0.1, -0.05) is 36.4 Å². The number of nitrogens with one attached hydrogen (secondary N) is 1. The maximum Gasteiger partial charge on any atom is 0.339 e. The van der Waals surface area contributed by atoms with Gasteiger partial charge in [0, 0.05) is 6.54 Å². The summed E-state index contributed by atoms with van der Waals surface area (Å²) < 4.78 is 16.1. The van der Waals surface area contributed by atoms with Gasteiger partial charge in [-0.2, -0.15) is 0 Å². The van der Waals surface area contributed by atoms with Crippen LogP contribution < -0.4 is 14.8 Å². The topological polar surface area (TPSA) is 73.9 Å². The second-order valence-corrected chi connectivity index (χ2v) is 6.56. The van der Waals surface area contributed by atoms with Gasteiger partial charge in [-0.05, 0) is 55.0 Å². The monoisotopic (exact) mass is 405 g/mol. The zero-order valence-electron chi connectivity index (χ0n) is 16.8. The molecule has 3 aromatic rings. The summed E-state index contributed by atoms with van der Waals surface area (Å²) in [7, 11) is 1.59. The fourth-order valence-electron chi connectivity index (χ4n) is 2.67. The molecule has 0 saturated carbocycles. The average Bonchev–Trinajstić information content (AvgIpc) is 2.78. The van der Waals surface area contributed by atoms with Crippen LogP contribution in [0.15, 0.2) is 78.9 Å². The maximum atomic E-state index is 12.4. The average molecular weight is 405 g/mol. The van der Waals surface area contributed by atoms with Gasteiger partial charge in [0.05, 0.1) is 12.7 Å². The summed E-state index contributed by atoms with van der Waals surface area (Å²) in [5.74, 6) is 0.934. The third-order valence-corrected chi connectivity index (χ3v) is 4.33. The molecule has 0 spiro atoms. The van der Waals surface area contributed by atoms with Crippen molar-refractivity contribution in [1.82, 2.24) is 5.32 Å². The van der Waals surface area contributed by atoms with Gasteiger partial charge in [-0.15, -0.1) is 0 Å². The van der Waals surface area contributed by atoms with E-state index in [0.29, 0.717) is 23.6 Å². The minimum atomic E-state index is -0.936. The number of carbonyl (C=O) groups excluding carboxylic acids is 2. The van der Waals surface area contributed by atoms with Crippen molar-refractivity contribution < 1.29 is 23.8 Å². The maximum absolute atomic E-state index is 12.4. The van der Waals surface area contributed by atoms with E-state index in [-0.39, 0.29) is 5.91 Å². The molecule has 0 unspecified atom stereocenters. The number of hydrogen-bond donors (Lipinski definition) is 1. The van der Waals surface area contributed by atoms with Crippen molar-refractivity contribution in [1.29, 1.82) is 0 Å². The molecule has 3 rings (SSSR count). The highest BCUT2D eigenvalue weighted by molar-refractivity contribution is 5.92. The van der Waals surface area contributed by atoms with Crippen LogP contribution in [-0.4, -0.2) is 25.1 Å². The summed E-state index contributed by atoms with van der Waals surface area (Å²) in [5.41, 5.74) is 1.21. The van der Waals surface area contributed by atoms with Crippen LogP contribution in [0.1, 0.15) is 22.8 Å². The van der Waals surface area contributed by atoms with Gasteiger partial charge in [-0.25, -0.2) is 4.79 Å². The predicted octanol–water partition coefficient (Wildman–Crippen LogP) is 4.35. The summed E-state index contributed by atoms with van der Waals surface area (Å²) in [6, 6.07) is 23.2. The SMILES string of the molecule is COc1ccc(CNC(=O)[C@H](C)OC(=O)c2cccc(Oc3ccccc3)c2)cc1. The largest absolute Gasteiger partial charge is 0.497 e. The fourth-order valence-corrected chi connectivity index (χ4v) is 2.67. The van der Waals surface area contributed by atoms with Gasteiger partial charge >= 0.3 is 5.97 Å². The summed E-state index contributed by atoms with van der Waals surface area (Å²) in [6.45, 7) is 1.86. The van der Waals surface area contributed by atoms with E-state index in [1.165, 1.54) is 6.92 Å². The zero-order valence-corrected chi connectivity index (χ0v) is 16.8. The molecule has 0 heterocycles. The van der Waals surface area contributed by atoms with Crippen molar-refractivity contribution in [2.45, 2.75) is 19.6 Å². The molecule has 6 nitrogen and oxygen atoms in total. The fraction of sp³-hybridized carbons (Fsp3) is 0.167. The molecule has 1 N–H and O–H groups in total. The van der Waals surface area contributed by atoms with E-state index in [0.717, 1.165) is 11.3 Å². The molecule has 0 fully saturated rings. The Bertz CT molecular complexity index is 986. The molecule has 3 aromatic carbocycles. The van der Waals surface area contributed by atoms with Crippen molar-refractivity contribution >= 4 is 11.9 Å². The summed E-state index contributed by atoms with van der Waals surface area (Å²) >= 11 is 0. The number of amides is 1. The van der Waals surface area contributed by atoms with Crippen LogP contribution in [0.2, 0.25) is 0 Å². The van der Waals surface area contributed by atoms with Gasteiger partial charge in [0.1, 0.15) is 17.2 Å². The first-order valence-corrected chi connectivity index (χ1v) is 9.50. The molecule has 0 aliphatic carbocycles. The summed E-state index contributed by atoms with van der Waals surface area (Å²) in [4.78, 5) is 24.7. The number of hydrogen-bond acceptors (Lipinski definition) is 5. The van der Waals surface area contributed by atoms with Crippen molar-refractivity contribution in [3.8, 4) is 17.2 Å². The first-order chi connectivity index (χ1) is 14.5. The van der Waals surface area contributed by atoms with Crippen LogP contribution in [0.4, 0.5) is 0 Å². The molecule has 154 valence electrons. The molecular formula is C24H23NO5. The normalized spacial score (nSPS) is 11.3. The molecular weight excluding hydrogens is 382 g/mol. The minimum absolute atomic E-state index is 0.304. The third kappa shape index (κ3) is 5.85. The standard InChI is InChI=1S/C24H23NO5/c1-17(23(26)25-16-18-11-13-20(28-2)14-12-18)29-24(27)19-7-6-10-22(15-19)30-21-8-4-3-5-9-21/h3-15,17H,16H2,1-2H3,(H,25,26)/t17-/m0/s1.